The molecule has 29 heavy (non-hydrogen) atoms. The summed E-state index contributed by atoms with van der Waals surface area (Å²) in [6, 6.07) is 11.8. The lowest BCUT2D eigenvalue weighted by atomic mass is 10.1. The molecule has 158 valence electrons. The predicted molar refractivity (Wildman–Crippen MR) is 111 cm³/mol. The first-order valence-corrected chi connectivity index (χ1v) is 11.0. The van der Waals surface area contributed by atoms with Crippen LogP contribution in [0, 0.1) is 0 Å². The van der Waals surface area contributed by atoms with E-state index in [-0.39, 0.29) is 24.2 Å². The number of hydrogen-bond donors (Lipinski definition) is 0. The fourth-order valence-corrected chi connectivity index (χ4v) is 3.37. The van der Waals surface area contributed by atoms with E-state index < -0.39 is 10.1 Å². The second-order valence-electron chi connectivity index (χ2n) is 6.66. The first-order valence-electron chi connectivity index (χ1n) is 9.20. The van der Waals surface area contributed by atoms with E-state index in [0.717, 1.165) is 18.2 Å². The molecule has 1 atom stereocenters. The normalized spacial score (nSPS) is 12.2. The maximum absolute atomic E-state index is 13.5. The highest BCUT2D eigenvalue weighted by atomic mass is 32.2. The van der Waals surface area contributed by atoms with E-state index in [9.17, 15) is 13.2 Å². The highest BCUT2D eigenvalue weighted by molar-refractivity contribution is 7.86. The van der Waals surface area contributed by atoms with Crippen molar-refractivity contribution in [3.63, 3.8) is 0 Å². The zero-order valence-electron chi connectivity index (χ0n) is 17.3. The maximum Gasteiger partial charge on any atom is 0.306 e. The second-order valence-corrected chi connectivity index (χ2v) is 8.24. The van der Waals surface area contributed by atoms with Gasteiger partial charge in [-0.15, -0.1) is 0 Å². The van der Waals surface area contributed by atoms with Crippen LogP contribution in [-0.4, -0.2) is 45.7 Å². The standard InChI is InChI=1S/C21H27NO6S/c1-6-15(2)22(14-16-9-7-10-17(13-16)28-29(5,24)25)21(23)20-18(26-3)11-8-12-19(20)27-4/h7-13,15H,6,14H2,1-5H3. The summed E-state index contributed by atoms with van der Waals surface area (Å²) in [4.78, 5) is 15.2. The molecule has 0 heterocycles. The van der Waals surface area contributed by atoms with Crippen molar-refractivity contribution in [2.24, 2.45) is 0 Å². The number of amides is 1. The molecule has 1 amide bonds. The molecule has 1 unspecified atom stereocenters. The molecule has 0 N–H and O–H groups in total. The summed E-state index contributed by atoms with van der Waals surface area (Å²) in [5.74, 6) is 0.827. The van der Waals surface area contributed by atoms with Gasteiger partial charge in [-0.2, -0.15) is 8.42 Å². The zero-order chi connectivity index (χ0) is 21.6. The van der Waals surface area contributed by atoms with Gasteiger partial charge in [0.1, 0.15) is 22.8 Å². The van der Waals surface area contributed by atoms with E-state index in [1.165, 1.54) is 14.2 Å². The molecule has 8 heteroatoms. The molecule has 0 aliphatic heterocycles. The van der Waals surface area contributed by atoms with Crippen molar-refractivity contribution >= 4 is 16.0 Å². The number of carbonyl (C=O) groups excluding carboxylic acids is 1. The first kappa shape index (κ1) is 22.5. The molecule has 0 fully saturated rings. The second kappa shape index (κ2) is 9.65. The number of methoxy groups -OCH3 is 2. The van der Waals surface area contributed by atoms with Crippen molar-refractivity contribution in [1.82, 2.24) is 4.90 Å². The average molecular weight is 422 g/mol. The molecule has 0 bridgehead atoms. The van der Waals surface area contributed by atoms with Gasteiger partial charge in [-0.1, -0.05) is 25.1 Å². The minimum Gasteiger partial charge on any atom is -0.496 e. The Morgan fingerprint density at radius 2 is 1.66 bits per heavy atom. The lowest BCUT2D eigenvalue weighted by Gasteiger charge is -2.30. The maximum atomic E-state index is 13.5. The number of benzene rings is 2. The van der Waals surface area contributed by atoms with Crippen LogP contribution in [0.5, 0.6) is 17.2 Å². The SMILES string of the molecule is CCC(C)N(Cc1cccc(OS(C)(=O)=O)c1)C(=O)c1c(OC)cccc1OC. The summed E-state index contributed by atoms with van der Waals surface area (Å²) in [7, 11) is -0.624. The van der Waals surface area contributed by atoms with Crippen LogP contribution in [0.25, 0.3) is 0 Å². The number of carbonyl (C=O) groups is 1. The topological polar surface area (TPSA) is 82.1 Å². The fraction of sp³-hybridized carbons (Fsp3) is 0.381. The third-order valence-electron chi connectivity index (χ3n) is 4.52. The van der Waals surface area contributed by atoms with Gasteiger partial charge in [0.15, 0.2) is 0 Å². The number of ether oxygens (including phenoxy) is 2. The quantitative estimate of drug-likeness (QED) is 0.577. The van der Waals surface area contributed by atoms with Crippen LogP contribution >= 0.6 is 0 Å². The Hall–Kier alpha value is -2.74. The van der Waals surface area contributed by atoms with E-state index in [0.29, 0.717) is 17.1 Å². The molecule has 2 rings (SSSR count). The van der Waals surface area contributed by atoms with Crippen LogP contribution in [0.15, 0.2) is 42.5 Å². The third kappa shape index (κ3) is 5.87. The summed E-state index contributed by atoms with van der Waals surface area (Å²) >= 11 is 0. The predicted octanol–water partition coefficient (Wildman–Crippen LogP) is 3.48. The van der Waals surface area contributed by atoms with Gasteiger partial charge in [0.2, 0.25) is 0 Å². The van der Waals surface area contributed by atoms with Crippen LogP contribution in [0.3, 0.4) is 0 Å². The highest BCUT2D eigenvalue weighted by Crippen LogP contribution is 2.31. The van der Waals surface area contributed by atoms with Crippen LogP contribution < -0.4 is 13.7 Å². The molecule has 7 nitrogen and oxygen atoms in total. The Bertz CT molecular complexity index is 935. The van der Waals surface area contributed by atoms with E-state index >= 15 is 0 Å². The van der Waals surface area contributed by atoms with Gasteiger partial charge in [-0.3, -0.25) is 4.79 Å². The monoisotopic (exact) mass is 421 g/mol. The molecular formula is C21H27NO6S. The molecule has 0 spiro atoms. The van der Waals surface area contributed by atoms with Crippen molar-refractivity contribution in [2.75, 3.05) is 20.5 Å². The van der Waals surface area contributed by atoms with Gasteiger partial charge < -0.3 is 18.6 Å². The molecule has 0 radical (unpaired) electrons. The molecule has 0 aliphatic rings. The van der Waals surface area contributed by atoms with Gasteiger partial charge in [0, 0.05) is 12.6 Å². The summed E-state index contributed by atoms with van der Waals surface area (Å²) in [6.07, 6.45) is 1.73. The van der Waals surface area contributed by atoms with Gasteiger partial charge in [0.25, 0.3) is 5.91 Å². The lowest BCUT2D eigenvalue weighted by Crippen LogP contribution is -2.38. The van der Waals surface area contributed by atoms with Crippen molar-refractivity contribution in [1.29, 1.82) is 0 Å². The molecule has 0 aromatic heterocycles. The molecule has 0 saturated carbocycles. The smallest absolute Gasteiger partial charge is 0.306 e. The minimum atomic E-state index is -3.63. The van der Waals surface area contributed by atoms with Crippen molar-refractivity contribution in [2.45, 2.75) is 32.9 Å². The van der Waals surface area contributed by atoms with Gasteiger partial charge in [0.05, 0.1) is 20.5 Å². The summed E-state index contributed by atoms with van der Waals surface area (Å²) < 4.78 is 38.5. The Morgan fingerprint density at radius 3 is 2.17 bits per heavy atom. The van der Waals surface area contributed by atoms with E-state index in [4.69, 9.17) is 13.7 Å². The van der Waals surface area contributed by atoms with Crippen molar-refractivity contribution in [3.05, 3.63) is 53.6 Å². The van der Waals surface area contributed by atoms with Crippen molar-refractivity contribution < 1.29 is 26.9 Å². The first-order chi connectivity index (χ1) is 13.7. The van der Waals surface area contributed by atoms with E-state index in [1.54, 1.807) is 41.3 Å². The van der Waals surface area contributed by atoms with Gasteiger partial charge in [-0.05, 0) is 43.2 Å². The van der Waals surface area contributed by atoms with Gasteiger partial charge in [-0.25, -0.2) is 0 Å². The fourth-order valence-electron chi connectivity index (χ4n) is 2.92. The molecule has 0 saturated heterocycles. The van der Waals surface area contributed by atoms with Crippen molar-refractivity contribution in [3.8, 4) is 17.2 Å². The molecule has 2 aromatic carbocycles. The zero-order valence-corrected chi connectivity index (χ0v) is 18.2. The van der Waals surface area contributed by atoms with Crippen LogP contribution in [0.4, 0.5) is 0 Å². The van der Waals surface area contributed by atoms with Crippen LogP contribution in [0.1, 0.15) is 36.2 Å². The van der Waals surface area contributed by atoms with Crippen LogP contribution in [0.2, 0.25) is 0 Å². The Labute approximate surface area is 172 Å². The Morgan fingerprint density at radius 1 is 1.07 bits per heavy atom. The third-order valence-corrected chi connectivity index (χ3v) is 5.02. The molecular weight excluding hydrogens is 394 g/mol. The number of rotatable bonds is 9. The summed E-state index contributed by atoms with van der Waals surface area (Å²) in [5, 5.41) is 0. The Kier molecular flexibility index (Phi) is 7.50. The number of nitrogens with zero attached hydrogens (tertiary/aromatic N) is 1. The molecule has 2 aromatic rings. The summed E-state index contributed by atoms with van der Waals surface area (Å²) in [5.41, 5.74) is 1.09. The summed E-state index contributed by atoms with van der Waals surface area (Å²) in [6.45, 7) is 4.22. The minimum absolute atomic E-state index is 0.0726. The highest BCUT2D eigenvalue weighted by Gasteiger charge is 2.27. The Balaban J connectivity index is 2.42. The van der Waals surface area contributed by atoms with Gasteiger partial charge >= 0.3 is 10.1 Å². The lowest BCUT2D eigenvalue weighted by molar-refractivity contribution is 0.0664. The van der Waals surface area contributed by atoms with E-state index in [2.05, 4.69) is 0 Å². The van der Waals surface area contributed by atoms with E-state index in [1.807, 2.05) is 19.9 Å². The number of hydrogen-bond acceptors (Lipinski definition) is 6. The molecule has 0 aliphatic carbocycles. The van der Waals surface area contributed by atoms with Crippen LogP contribution in [-0.2, 0) is 16.7 Å². The average Bonchev–Trinajstić information content (AvgIpc) is 2.69. The largest absolute Gasteiger partial charge is 0.496 e.